The van der Waals surface area contributed by atoms with E-state index in [1.54, 1.807) is 0 Å². The molecule has 4 nitrogen and oxygen atoms in total. The van der Waals surface area contributed by atoms with Gasteiger partial charge in [0, 0.05) is 25.6 Å². The summed E-state index contributed by atoms with van der Waals surface area (Å²) in [6, 6.07) is 8.19. The molecule has 0 amide bonds. The number of nitrogens with zero attached hydrogens (tertiary/aromatic N) is 2. The van der Waals surface area contributed by atoms with Gasteiger partial charge in [-0.25, -0.2) is 4.98 Å². The van der Waals surface area contributed by atoms with Crippen LogP contribution in [-0.2, 0) is 13.5 Å². The minimum atomic E-state index is 0.693. The van der Waals surface area contributed by atoms with E-state index < -0.39 is 0 Å². The highest BCUT2D eigenvalue weighted by atomic mass is 16.5. The van der Waals surface area contributed by atoms with Crippen LogP contribution in [0.3, 0.4) is 0 Å². The first-order valence-electron chi connectivity index (χ1n) is 6.64. The Morgan fingerprint density at radius 1 is 1.26 bits per heavy atom. The summed E-state index contributed by atoms with van der Waals surface area (Å²) in [5, 5.41) is 3.16. The predicted molar refractivity (Wildman–Crippen MR) is 77.4 cm³/mol. The van der Waals surface area contributed by atoms with Gasteiger partial charge < -0.3 is 14.6 Å². The van der Waals surface area contributed by atoms with Gasteiger partial charge in [-0.3, -0.25) is 0 Å². The van der Waals surface area contributed by atoms with E-state index >= 15 is 0 Å². The number of aryl methyl sites for hydroxylation is 1. The first-order chi connectivity index (χ1) is 9.26. The highest BCUT2D eigenvalue weighted by Gasteiger charge is 2.10. The van der Waals surface area contributed by atoms with Gasteiger partial charge in [-0.05, 0) is 38.2 Å². The van der Waals surface area contributed by atoms with Crippen LogP contribution < -0.4 is 10.1 Å². The van der Waals surface area contributed by atoms with Gasteiger partial charge in [0.25, 0.3) is 0 Å². The van der Waals surface area contributed by atoms with Gasteiger partial charge in [-0.2, -0.15) is 0 Å². The van der Waals surface area contributed by atoms with Gasteiger partial charge in [-0.15, -0.1) is 0 Å². The molecule has 2 aromatic rings. The van der Waals surface area contributed by atoms with E-state index in [0.29, 0.717) is 6.61 Å². The molecular formula is C15H21N3O. The molecular weight excluding hydrogens is 238 g/mol. The molecule has 1 aromatic carbocycles. The lowest BCUT2D eigenvalue weighted by Crippen LogP contribution is -2.11. The largest absolute Gasteiger partial charge is 0.494 e. The van der Waals surface area contributed by atoms with Crippen LogP contribution in [0.15, 0.2) is 30.6 Å². The SMILES string of the molecule is CCOc1ccc(-c2c(CCNC)ncn2C)cc1. The van der Waals surface area contributed by atoms with Crippen LogP contribution in [0.4, 0.5) is 0 Å². The highest BCUT2D eigenvalue weighted by molar-refractivity contribution is 5.63. The third-order valence-electron chi connectivity index (χ3n) is 3.06. The number of ether oxygens (including phenoxy) is 1. The Hall–Kier alpha value is -1.81. The molecule has 0 unspecified atom stereocenters. The summed E-state index contributed by atoms with van der Waals surface area (Å²) in [5.41, 5.74) is 3.48. The Balaban J connectivity index is 2.27. The standard InChI is InChI=1S/C15H21N3O/c1-4-19-13-7-5-12(6-8-13)15-14(9-10-16-2)17-11-18(15)3/h5-8,11,16H,4,9-10H2,1-3H3. The second-order valence-electron chi connectivity index (χ2n) is 4.46. The number of nitrogens with one attached hydrogen (secondary N) is 1. The molecule has 0 radical (unpaired) electrons. The second-order valence-corrected chi connectivity index (χ2v) is 4.46. The van der Waals surface area contributed by atoms with Gasteiger partial charge in [0.15, 0.2) is 0 Å². The monoisotopic (exact) mass is 259 g/mol. The van der Waals surface area contributed by atoms with Crippen molar-refractivity contribution in [3.8, 4) is 17.0 Å². The van der Waals surface area contributed by atoms with Gasteiger partial charge in [-0.1, -0.05) is 0 Å². The van der Waals surface area contributed by atoms with Crippen LogP contribution in [-0.4, -0.2) is 29.8 Å². The molecule has 102 valence electrons. The van der Waals surface area contributed by atoms with Crippen molar-refractivity contribution in [1.82, 2.24) is 14.9 Å². The van der Waals surface area contributed by atoms with Crippen molar-refractivity contribution in [1.29, 1.82) is 0 Å². The van der Waals surface area contributed by atoms with Gasteiger partial charge >= 0.3 is 0 Å². The number of aromatic nitrogens is 2. The minimum Gasteiger partial charge on any atom is -0.494 e. The van der Waals surface area contributed by atoms with Crippen molar-refractivity contribution in [2.45, 2.75) is 13.3 Å². The highest BCUT2D eigenvalue weighted by Crippen LogP contribution is 2.25. The van der Waals surface area contributed by atoms with E-state index in [-0.39, 0.29) is 0 Å². The average Bonchev–Trinajstić information content (AvgIpc) is 2.79. The molecule has 0 aliphatic carbocycles. The van der Waals surface area contributed by atoms with E-state index in [9.17, 15) is 0 Å². The molecule has 0 fully saturated rings. The Labute approximate surface area is 114 Å². The number of rotatable bonds is 6. The molecule has 0 aliphatic rings. The van der Waals surface area contributed by atoms with Crippen molar-refractivity contribution in [3.05, 3.63) is 36.3 Å². The van der Waals surface area contributed by atoms with Crippen LogP contribution in [0, 0.1) is 0 Å². The van der Waals surface area contributed by atoms with Crippen molar-refractivity contribution >= 4 is 0 Å². The van der Waals surface area contributed by atoms with Crippen LogP contribution in [0.2, 0.25) is 0 Å². The summed E-state index contributed by atoms with van der Waals surface area (Å²) in [6.07, 6.45) is 2.80. The summed E-state index contributed by atoms with van der Waals surface area (Å²) < 4.78 is 7.54. The zero-order valence-corrected chi connectivity index (χ0v) is 11.8. The van der Waals surface area contributed by atoms with Gasteiger partial charge in [0.2, 0.25) is 0 Å². The van der Waals surface area contributed by atoms with Gasteiger partial charge in [0.1, 0.15) is 5.75 Å². The minimum absolute atomic E-state index is 0.693. The zero-order chi connectivity index (χ0) is 13.7. The molecule has 1 heterocycles. The lowest BCUT2D eigenvalue weighted by Gasteiger charge is -2.08. The van der Waals surface area contributed by atoms with E-state index in [0.717, 1.165) is 24.4 Å². The maximum atomic E-state index is 5.47. The quantitative estimate of drug-likeness (QED) is 0.865. The molecule has 2 rings (SSSR count). The van der Waals surface area contributed by atoms with Crippen LogP contribution in [0.1, 0.15) is 12.6 Å². The lowest BCUT2D eigenvalue weighted by atomic mass is 10.1. The van der Waals surface area contributed by atoms with Crippen LogP contribution >= 0.6 is 0 Å². The molecule has 1 N–H and O–H groups in total. The number of likely N-dealkylation sites (N-methyl/N-ethyl adjacent to an activating group) is 1. The third kappa shape index (κ3) is 3.15. The second kappa shape index (κ2) is 6.38. The topological polar surface area (TPSA) is 39.1 Å². The molecule has 0 saturated heterocycles. The fraction of sp³-hybridized carbons (Fsp3) is 0.400. The Morgan fingerprint density at radius 3 is 2.63 bits per heavy atom. The third-order valence-corrected chi connectivity index (χ3v) is 3.06. The Bertz CT molecular complexity index is 517. The van der Waals surface area contributed by atoms with E-state index in [1.807, 2.05) is 39.5 Å². The molecule has 19 heavy (non-hydrogen) atoms. The van der Waals surface area contributed by atoms with Crippen molar-refractivity contribution in [2.24, 2.45) is 7.05 Å². The number of hydrogen-bond donors (Lipinski definition) is 1. The molecule has 0 aliphatic heterocycles. The van der Waals surface area contributed by atoms with Crippen molar-refractivity contribution in [2.75, 3.05) is 20.2 Å². The first kappa shape index (κ1) is 13.6. The predicted octanol–water partition coefficient (Wildman–Crippen LogP) is 2.25. The summed E-state index contributed by atoms with van der Waals surface area (Å²) in [7, 11) is 3.99. The number of hydrogen-bond acceptors (Lipinski definition) is 3. The van der Waals surface area contributed by atoms with E-state index in [4.69, 9.17) is 4.74 Å². The van der Waals surface area contributed by atoms with Gasteiger partial charge in [0.05, 0.1) is 24.3 Å². The van der Waals surface area contributed by atoms with Crippen molar-refractivity contribution in [3.63, 3.8) is 0 Å². The number of benzene rings is 1. The molecule has 0 bridgehead atoms. The average molecular weight is 259 g/mol. The molecule has 0 atom stereocenters. The summed E-state index contributed by atoms with van der Waals surface area (Å²) in [4.78, 5) is 4.48. The number of imidazole rings is 1. The van der Waals surface area contributed by atoms with E-state index in [2.05, 4.69) is 27.0 Å². The lowest BCUT2D eigenvalue weighted by molar-refractivity contribution is 0.340. The Morgan fingerprint density at radius 2 is 2.00 bits per heavy atom. The summed E-state index contributed by atoms with van der Waals surface area (Å²) in [6.45, 7) is 3.62. The zero-order valence-electron chi connectivity index (χ0n) is 11.8. The fourth-order valence-electron chi connectivity index (χ4n) is 2.15. The normalized spacial score (nSPS) is 10.7. The molecule has 0 spiro atoms. The maximum absolute atomic E-state index is 5.47. The fourth-order valence-corrected chi connectivity index (χ4v) is 2.15. The first-order valence-corrected chi connectivity index (χ1v) is 6.64. The molecule has 1 aromatic heterocycles. The summed E-state index contributed by atoms with van der Waals surface area (Å²) >= 11 is 0. The van der Waals surface area contributed by atoms with E-state index in [1.165, 1.54) is 11.3 Å². The van der Waals surface area contributed by atoms with Crippen LogP contribution in [0.5, 0.6) is 5.75 Å². The Kier molecular flexibility index (Phi) is 4.58. The molecule has 0 saturated carbocycles. The smallest absolute Gasteiger partial charge is 0.119 e. The van der Waals surface area contributed by atoms with Crippen molar-refractivity contribution < 1.29 is 4.74 Å². The molecule has 4 heteroatoms. The summed E-state index contributed by atoms with van der Waals surface area (Å²) in [5.74, 6) is 0.908. The maximum Gasteiger partial charge on any atom is 0.119 e. The van der Waals surface area contributed by atoms with Crippen LogP contribution in [0.25, 0.3) is 11.3 Å².